The van der Waals surface area contributed by atoms with Crippen LogP contribution in [0, 0.1) is 5.41 Å². The number of aromatic nitrogens is 3. The van der Waals surface area contributed by atoms with E-state index in [1.165, 1.54) is 89.0 Å². The van der Waals surface area contributed by atoms with E-state index in [9.17, 15) is 0 Å². The van der Waals surface area contributed by atoms with Crippen LogP contribution >= 0.6 is 11.9 Å². The van der Waals surface area contributed by atoms with Crippen molar-refractivity contribution in [3.8, 4) is 5.75 Å². The molecular formula is C23H32N4OS. The highest BCUT2D eigenvalue weighted by Gasteiger charge is 2.37. The van der Waals surface area contributed by atoms with Crippen molar-refractivity contribution in [1.82, 2.24) is 14.6 Å². The summed E-state index contributed by atoms with van der Waals surface area (Å²) in [5.41, 5.74) is 2.89. The second kappa shape index (κ2) is 7.36. The quantitative estimate of drug-likeness (QED) is 0.581. The Hall–Kier alpha value is -1.43. The minimum absolute atomic E-state index is 0.369. The zero-order valence-corrected chi connectivity index (χ0v) is 18.1. The molecule has 2 heterocycles. The average Bonchev–Trinajstić information content (AvgIpc) is 3.67. The van der Waals surface area contributed by atoms with Crippen LogP contribution in [0.2, 0.25) is 0 Å². The number of rotatable bonds is 6. The number of nitrogens with one attached hydrogen (secondary N) is 1. The Bertz CT molecular complexity index is 872. The molecule has 2 aromatic heterocycles. The molecule has 0 radical (unpaired) electrons. The van der Waals surface area contributed by atoms with Gasteiger partial charge >= 0.3 is 0 Å². The van der Waals surface area contributed by atoms with Crippen molar-refractivity contribution in [1.29, 1.82) is 0 Å². The number of anilines is 1. The maximum atomic E-state index is 6.64. The summed E-state index contributed by atoms with van der Waals surface area (Å²) >= 11 is 1.78. The molecule has 5 nitrogen and oxygen atoms in total. The topological polar surface area (TPSA) is 51.5 Å². The van der Waals surface area contributed by atoms with Crippen molar-refractivity contribution >= 4 is 23.5 Å². The Morgan fingerprint density at radius 3 is 2.48 bits per heavy atom. The molecular weight excluding hydrogens is 380 g/mol. The van der Waals surface area contributed by atoms with Gasteiger partial charge in [0.05, 0.1) is 6.10 Å². The van der Waals surface area contributed by atoms with Crippen LogP contribution < -0.4 is 9.46 Å². The third-order valence-electron chi connectivity index (χ3n) is 7.59. The number of nitrogens with zero attached hydrogens (tertiary/aromatic N) is 3. The summed E-state index contributed by atoms with van der Waals surface area (Å²) in [6, 6.07) is 2.14. The van der Waals surface area contributed by atoms with Gasteiger partial charge in [-0.1, -0.05) is 19.3 Å². The first-order valence-corrected chi connectivity index (χ1v) is 12.6. The molecule has 0 unspecified atom stereocenters. The Balaban J connectivity index is 1.19. The van der Waals surface area contributed by atoms with E-state index in [2.05, 4.69) is 31.6 Å². The van der Waals surface area contributed by atoms with Crippen LogP contribution in [0.15, 0.2) is 12.3 Å². The summed E-state index contributed by atoms with van der Waals surface area (Å²) in [5, 5.41) is 9.55. The van der Waals surface area contributed by atoms with Crippen LogP contribution in [0.1, 0.15) is 95.0 Å². The summed E-state index contributed by atoms with van der Waals surface area (Å²) in [6.45, 7) is 0. The molecule has 6 heteroatoms. The van der Waals surface area contributed by atoms with Crippen molar-refractivity contribution < 1.29 is 4.74 Å². The van der Waals surface area contributed by atoms with Crippen LogP contribution in [0.25, 0.3) is 5.65 Å². The summed E-state index contributed by atoms with van der Waals surface area (Å²) in [7, 11) is 0. The molecule has 0 saturated heterocycles. The molecule has 6 rings (SSSR count). The summed E-state index contributed by atoms with van der Waals surface area (Å²) in [5.74, 6) is 2.56. The fourth-order valence-electron chi connectivity index (χ4n) is 5.43. The lowest BCUT2D eigenvalue weighted by Gasteiger charge is -2.43. The fraction of sp³-hybridized carbons (Fsp3) is 0.739. The van der Waals surface area contributed by atoms with Crippen molar-refractivity contribution in [2.24, 2.45) is 5.41 Å². The molecule has 29 heavy (non-hydrogen) atoms. The van der Waals surface area contributed by atoms with Gasteiger partial charge in [-0.15, -0.1) is 10.2 Å². The summed E-state index contributed by atoms with van der Waals surface area (Å²) in [6.07, 6.45) is 20.1. The van der Waals surface area contributed by atoms with Gasteiger partial charge in [-0.05, 0) is 87.5 Å². The lowest BCUT2D eigenvalue weighted by molar-refractivity contribution is 0.0519. The van der Waals surface area contributed by atoms with Crippen molar-refractivity contribution in [2.45, 2.75) is 101 Å². The van der Waals surface area contributed by atoms with E-state index >= 15 is 0 Å². The molecule has 1 N–H and O–H groups in total. The van der Waals surface area contributed by atoms with Gasteiger partial charge in [-0.3, -0.25) is 9.12 Å². The normalized spacial score (nSPS) is 24.8. The van der Waals surface area contributed by atoms with E-state index in [4.69, 9.17) is 4.74 Å². The number of fused-ring (bicyclic) bond motifs is 1. The molecule has 4 fully saturated rings. The number of hydrogen-bond acceptors (Lipinski definition) is 5. The third kappa shape index (κ3) is 3.85. The smallest absolute Gasteiger partial charge is 0.239 e. The zero-order valence-electron chi connectivity index (χ0n) is 17.2. The molecule has 0 aliphatic heterocycles. The maximum Gasteiger partial charge on any atom is 0.239 e. The third-order valence-corrected chi connectivity index (χ3v) is 8.70. The van der Waals surface area contributed by atoms with Crippen molar-refractivity contribution in [3.05, 3.63) is 17.8 Å². The van der Waals surface area contributed by atoms with Gasteiger partial charge < -0.3 is 4.74 Å². The molecule has 0 amide bonds. The molecule has 0 atom stereocenters. The van der Waals surface area contributed by atoms with E-state index in [0.717, 1.165) is 22.6 Å². The second-order valence-electron chi connectivity index (χ2n) is 9.92. The van der Waals surface area contributed by atoms with Gasteiger partial charge in [0.25, 0.3) is 0 Å². The zero-order chi connectivity index (χ0) is 19.3. The number of hydrogen-bond donors (Lipinski definition) is 1. The predicted octanol–water partition coefficient (Wildman–Crippen LogP) is 6.10. The van der Waals surface area contributed by atoms with E-state index in [-0.39, 0.29) is 0 Å². The highest BCUT2D eigenvalue weighted by Crippen LogP contribution is 2.49. The van der Waals surface area contributed by atoms with Crippen molar-refractivity contribution in [2.75, 3.05) is 4.72 Å². The Kier molecular flexibility index (Phi) is 4.66. The van der Waals surface area contributed by atoms with Gasteiger partial charge in [0.15, 0.2) is 5.65 Å². The largest absolute Gasteiger partial charge is 0.490 e. The standard InChI is InChI=1S/C23H32N4OS/c1-2-10-23(11-3-1)12-8-17(9-13-23)28-20-14-21-24-25-22(26-29-18-6-7-18)27(21)15-19(20)16-4-5-16/h14-18H,1-13H2,(H,25,26). The summed E-state index contributed by atoms with van der Waals surface area (Å²) < 4.78 is 12.2. The minimum Gasteiger partial charge on any atom is -0.490 e. The molecule has 4 saturated carbocycles. The first kappa shape index (κ1) is 18.3. The van der Waals surface area contributed by atoms with E-state index in [1.54, 1.807) is 11.9 Å². The van der Waals surface area contributed by atoms with Crippen LogP contribution in [0.5, 0.6) is 5.75 Å². The molecule has 0 aromatic carbocycles. The van der Waals surface area contributed by atoms with Gasteiger partial charge in [0.1, 0.15) is 5.75 Å². The van der Waals surface area contributed by atoms with Crippen LogP contribution in [-0.4, -0.2) is 26.0 Å². The monoisotopic (exact) mass is 412 g/mol. The highest BCUT2D eigenvalue weighted by atomic mass is 32.2. The second-order valence-corrected chi connectivity index (χ2v) is 11.0. The van der Waals surface area contributed by atoms with E-state index in [1.807, 2.05) is 0 Å². The Morgan fingerprint density at radius 2 is 1.76 bits per heavy atom. The molecule has 1 spiro atoms. The first-order valence-electron chi connectivity index (χ1n) is 11.8. The molecule has 156 valence electrons. The molecule has 2 aromatic rings. The van der Waals surface area contributed by atoms with E-state index in [0.29, 0.717) is 17.4 Å². The van der Waals surface area contributed by atoms with Crippen molar-refractivity contribution in [3.63, 3.8) is 0 Å². The highest BCUT2D eigenvalue weighted by molar-refractivity contribution is 8.01. The first-order chi connectivity index (χ1) is 14.3. The Labute approximate surface area is 177 Å². The van der Waals surface area contributed by atoms with Crippen LogP contribution in [0.3, 0.4) is 0 Å². The lowest BCUT2D eigenvalue weighted by atomic mass is 9.65. The summed E-state index contributed by atoms with van der Waals surface area (Å²) in [4.78, 5) is 0. The Morgan fingerprint density at radius 1 is 0.966 bits per heavy atom. The molecule has 0 bridgehead atoms. The number of pyridine rings is 1. The average molecular weight is 413 g/mol. The fourth-order valence-corrected chi connectivity index (χ4v) is 6.21. The predicted molar refractivity (Wildman–Crippen MR) is 118 cm³/mol. The minimum atomic E-state index is 0.369. The number of ether oxygens (including phenoxy) is 1. The van der Waals surface area contributed by atoms with Gasteiger partial charge in [-0.25, -0.2) is 0 Å². The SMILES string of the molecule is c1c(OC2CCC3(CCCCC3)CC2)c(C2CC2)cn2c(NSC3CC3)nnc12. The lowest BCUT2D eigenvalue weighted by Crippen LogP contribution is -2.34. The van der Waals surface area contributed by atoms with E-state index < -0.39 is 0 Å². The van der Waals surface area contributed by atoms with Crippen LogP contribution in [0.4, 0.5) is 5.95 Å². The van der Waals surface area contributed by atoms with Gasteiger partial charge in [0, 0.05) is 23.1 Å². The maximum absolute atomic E-state index is 6.64. The molecule has 4 aliphatic carbocycles. The molecule has 4 aliphatic rings. The van der Waals surface area contributed by atoms with Crippen LogP contribution in [-0.2, 0) is 0 Å². The van der Waals surface area contributed by atoms with Gasteiger partial charge in [0.2, 0.25) is 5.95 Å². The van der Waals surface area contributed by atoms with Gasteiger partial charge in [-0.2, -0.15) is 0 Å².